The fourth-order valence-electron chi connectivity index (χ4n) is 3.08. The van der Waals surface area contributed by atoms with Crippen molar-refractivity contribution in [3.05, 3.63) is 66.2 Å². The standard InChI is InChI=1S/C22H21NO4/c1-2-19(27-18-9-8-16-5-3-4-6-17(16)12-18)22(24)23-13-15-7-10-20-21(11-15)26-14-25-20/h3-12,19H,2,13-14H2,1H3,(H,23,24)/t19-/m0/s1. The van der Waals surface area contributed by atoms with Crippen molar-refractivity contribution in [1.82, 2.24) is 5.32 Å². The predicted octanol–water partition coefficient (Wildman–Crippen LogP) is 4.04. The van der Waals surface area contributed by atoms with Crippen LogP contribution in [0.15, 0.2) is 60.7 Å². The minimum absolute atomic E-state index is 0.136. The lowest BCUT2D eigenvalue weighted by molar-refractivity contribution is -0.128. The summed E-state index contributed by atoms with van der Waals surface area (Å²) in [4.78, 5) is 12.6. The van der Waals surface area contributed by atoms with Crippen LogP contribution in [0.4, 0.5) is 0 Å². The molecule has 1 aliphatic rings. The highest BCUT2D eigenvalue weighted by molar-refractivity contribution is 5.84. The Balaban J connectivity index is 1.40. The fraction of sp³-hybridized carbons (Fsp3) is 0.227. The van der Waals surface area contributed by atoms with Crippen LogP contribution in [0.25, 0.3) is 10.8 Å². The minimum Gasteiger partial charge on any atom is -0.481 e. The van der Waals surface area contributed by atoms with Gasteiger partial charge in [0.05, 0.1) is 0 Å². The average molecular weight is 363 g/mol. The number of nitrogens with one attached hydrogen (secondary N) is 1. The van der Waals surface area contributed by atoms with Crippen LogP contribution in [0.1, 0.15) is 18.9 Å². The van der Waals surface area contributed by atoms with E-state index in [4.69, 9.17) is 14.2 Å². The van der Waals surface area contributed by atoms with E-state index in [1.807, 2.05) is 61.5 Å². The molecule has 0 fully saturated rings. The lowest BCUT2D eigenvalue weighted by Gasteiger charge is -2.18. The molecule has 0 radical (unpaired) electrons. The van der Waals surface area contributed by atoms with Gasteiger partial charge in [-0.25, -0.2) is 0 Å². The molecule has 5 heteroatoms. The molecule has 0 bridgehead atoms. The third kappa shape index (κ3) is 3.82. The largest absolute Gasteiger partial charge is 0.481 e. The van der Waals surface area contributed by atoms with Gasteiger partial charge in [0, 0.05) is 6.54 Å². The first-order valence-electron chi connectivity index (χ1n) is 9.04. The first-order valence-corrected chi connectivity index (χ1v) is 9.04. The Morgan fingerprint density at radius 3 is 2.70 bits per heavy atom. The second-order valence-corrected chi connectivity index (χ2v) is 6.43. The number of rotatable bonds is 6. The number of hydrogen-bond acceptors (Lipinski definition) is 4. The van der Waals surface area contributed by atoms with Crippen LogP contribution in [0.2, 0.25) is 0 Å². The molecular weight excluding hydrogens is 342 g/mol. The van der Waals surface area contributed by atoms with Crippen molar-refractivity contribution < 1.29 is 19.0 Å². The van der Waals surface area contributed by atoms with Crippen LogP contribution in [0.3, 0.4) is 0 Å². The van der Waals surface area contributed by atoms with Gasteiger partial charge in [-0.1, -0.05) is 43.3 Å². The Morgan fingerprint density at radius 1 is 1.04 bits per heavy atom. The van der Waals surface area contributed by atoms with Crippen LogP contribution in [0.5, 0.6) is 17.2 Å². The first kappa shape index (κ1) is 17.2. The fourth-order valence-corrected chi connectivity index (χ4v) is 3.08. The molecule has 138 valence electrons. The zero-order valence-corrected chi connectivity index (χ0v) is 15.1. The zero-order valence-electron chi connectivity index (χ0n) is 15.1. The summed E-state index contributed by atoms with van der Waals surface area (Å²) in [6.45, 7) is 2.58. The molecule has 3 aromatic carbocycles. The van der Waals surface area contributed by atoms with E-state index in [-0.39, 0.29) is 12.7 Å². The van der Waals surface area contributed by atoms with Crippen molar-refractivity contribution >= 4 is 16.7 Å². The molecule has 1 N–H and O–H groups in total. The van der Waals surface area contributed by atoms with Crippen LogP contribution in [-0.2, 0) is 11.3 Å². The van der Waals surface area contributed by atoms with Gasteiger partial charge in [-0.15, -0.1) is 0 Å². The number of fused-ring (bicyclic) bond motifs is 2. The summed E-state index contributed by atoms with van der Waals surface area (Å²) in [5.74, 6) is 2.00. The first-order chi connectivity index (χ1) is 13.2. The molecule has 0 saturated carbocycles. The topological polar surface area (TPSA) is 56.8 Å². The maximum Gasteiger partial charge on any atom is 0.261 e. The second kappa shape index (κ2) is 7.58. The Morgan fingerprint density at radius 2 is 1.85 bits per heavy atom. The highest BCUT2D eigenvalue weighted by atomic mass is 16.7. The number of carbonyl (C=O) groups excluding carboxylic acids is 1. The van der Waals surface area contributed by atoms with Gasteiger partial charge in [-0.2, -0.15) is 0 Å². The molecule has 0 spiro atoms. The summed E-state index contributed by atoms with van der Waals surface area (Å²) in [6, 6.07) is 19.6. The molecule has 0 saturated heterocycles. The SMILES string of the molecule is CC[C@H](Oc1ccc2ccccc2c1)C(=O)NCc1ccc2c(c1)OCO2. The molecule has 27 heavy (non-hydrogen) atoms. The lowest BCUT2D eigenvalue weighted by atomic mass is 10.1. The van der Waals surface area contributed by atoms with Crippen LogP contribution in [0, 0.1) is 0 Å². The van der Waals surface area contributed by atoms with E-state index in [2.05, 4.69) is 11.4 Å². The molecule has 0 unspecified atom stereocenters. The smallest absolute Gasteiger partial charge is 0.261 e. The van der Waals surface area contributed by atoms with E-state index < -0.39 is 6.10 Å². The number of ether oxygens (including phenoxy) is 3. The summed E-state index contributed by atoms with van der Waals surface area (Å²) in [5.41, 5.74) is 0.952. The molecule has 1 aliphatic heterocycles. The van der Waals surface area contributed by atoms with E-state index in [0.717, 1.165) is 22.1 Å². The monoisotopic (exact) mass is 363 g/mol. The third-order valence-corrected chi connectivity index (χ3v) is 4.57. The summed E-state index contributed by atoms with van der Waals surface area (Å²) in [5, 5.41) is 5.17. The maximum atomic E-state index is 12.6. The van der Waals surface area contributed by atoms with Gasteiger partial charge in [0.25, 0.3) is 5.91 Å². The van der Waals surface area contributed by atoms with E-state index in [1.54, 1.807) is 0 Å². The van der Waals surface area contributed by atoms with E-state index in [0.29, 0.717) is 24.5 Å². The van der Waals surface area contributed by atoms with E-state index in [9.17, 15) is 4.79 Å². The van der Waals surface area contributed by atoms with Crippen LogP contribution < -0.4 is 19.5 Å². The lowest BCUT2D eigenvalue weighted by Crippen LogP contribution is -2.37. The summed E-state index contributed by atoms with van der Waals surface area (Å²) < 4.78 is 16.6. The Labute approximate surface area is 157 Å². The maximum absolute atomic E-state index is 12.6. The van der Waals surface area contributed by atoms with Crippen molar-refractivity contribution in [2.75, 3.05) is 6.79 Å². The molecule has 1 amide bonds. The van der Waals surface area contributed by atoms with Gasteiger partial charge < -0.3 is 19.5 Å². The quantitative estimate of drug-likeness (QED) is 0.718. The predicted molar refractivity (Wildman–Crippen MR) is 103 cm³/mol. The van der Waals surface area contributed by atoms with E-state index in [1.165, 1.54) is 0 Å². The third-order valence-electron chi connectivity index (χ3n) is 4.57. The molecule has 3 aromatic rings. The Hall–Kier alpha value is -3.21. The molecular formula is C22H21NO4. The van der Waals surface area contributed by atoms with Crippen molar-refractivity contribution in [3.8, 4) is 17.2 Å². The number of amides is 1. The number of benzene rings is 3. The van der Waals surface area contributed by atoms with Gasteiger partial charge in [0.2, 0.25) is 6.79 Å². The highest BCUT2D eigenvalue weighted by Crippen LogP contribution is 2.32. The van der Waals surface area contributed by atoms with Gasteiger partial charge in [-0.05, 0) is 47.0 Å². The summed E-state index contributed by atoms with van der Waals surface area (Å²) in [7, 11) is 0. The molecule has 4 rings (SSSR count). The normalized spacial score (nSPS) is 13.4. The summed E-state index contributed by atoms with van der Waals surface area (Å²) in [6.07, 6.45) is 0.0416. The molecule has 5 nitrogen and oxygen atoms in total. The van der Waals surface area contributed by atoms with Gasteiger partial charge in [0.15, 0.2) is 17.6 Å². The summed E-state index contributed by atoms with van der Waals surface area (Å²) >= 11 is 0. The van der Waals surface area contributed by atoms with Crippen molar-refractivity contribution in [2.45, 2.75) is 26.0 Å². The Kier molecular flexibility index (Phi) is 4.83. The minimum atomic E-state index is -0.542. The average Bonchev–Trinajstić information content (AvgIpc) is 3.18. The van der Waals surface area contributed by atoms with Gasteiger partial charge in [0.1, 0.15) is 5.75 Å². The molecule has 0 aliphatic carbocycles. The van der Waals surface area contributed by atoms with Gasteiger partial charge in [-0.3, -0.25) is 4.79 Å². The van der Waals surface area contributed by atoms with Crippen molar-refractivity contribution in [1.29, 1.82) is 0 Å². The van der Waals surface area contributed by atoms with Crippen LogP contribution in [-0.4, -0.2) is 18.8 Å². The van der Waals surface area contributed by atoms with Crippen LogP contribution >= 0.6 is 0 Å². The molecule has 0 aromatic heterocycles. The van der Waals surface area contributed by atoms with Crippen molar-refractivity contribution in [3.63, 3.8) is 0 Å². The Bertz CT molecular complexity index is 969. The number of carbonyl (C=O) groups is 1. The molecule has 1 atom stereocenters. The number of hydrogen-bond donors (Lipinski definition) is 1. The van der Waals surface area contributed by atoms with Crippen molar-refractivity contribution in [2.24, 2.45) is 0 Å². The zero-order chi connectivity index (χ0) is 18.6. The second-order valence-electron chi connectivity index (χ2n) is 6.43. The van der Waals surface area contributed by atoms with E-state index >= 15 is 0 Å². The van der Waals surface area contributed by atoms with Gasteiger partial charge >= 0.3 is 0 Å². The molecule has 1 heterocycles. The highest BCUT2D eigenvalue weighted by Gasteiger charge is 2.19.